The average Bonchev–Trinajstić information content (AvgIpc) is 2.47. The maximum atomic E-state index is 10.6. The second kappa shape index (κ2) is 2.52. The van der Waals surface area contributed by atoms with Gasteiger partial charge in [0.15, 0.2) is 0 Å². The molecule has 0 aliphatic rings. The highest BCUT2D eigenvalue weighted by molar-refractivity contribution is 5.87. The second-order valence-electron chi connectivity index (χ2n) is 2.78. The molecule has 4 nitrogen and oxygen atoms in total. The molecule has 0 saturated heterocycles. The topological polar surface area (TPSA) is 67.7 Å². The van der Waals surface area contributed by atoms with Crippen LogP contribution >= 0.6 is 0 Å². The summed E-state index contributed by atoms with van der Waals surface area (Å²) in [4.78, 5) is 10.6. The first-order valence-electron chi connectivity index (χ1n) is 3.78. The first-order chi connectivity index (χ1) is 6.18. The molecule has 2 aromatic rings. The molecule has 0 atom stereocenters. The summed E-state index contributed by atoms with van der Waals surface area (Å²) < 4.78 is 1.64. The summed E-state index contributed by atoms with van der Waals surface area (Å²) in [6.07, 6.45) is 1.51. The summed E-state index contributed by atoms with van der Waals surface area (Å²) in [5, 5.41) is 8.72. The van der Waals surface area contributed by atoms with E-state index in [1.54, 1.807) is 22.6 Å². The number of nitrogen functional groups attached to an aromatic ring is 1. The van der Waals surface area contributed by atoms with Gasteiger partial charge in [-0.1, -0.05) is 0 Å². The Morgan fingerprint density at radius 2 is 2.00 bits per heavy atom. The molecule has 0 spiro atoms. The van der Waals surface area contributed by atoms with Crippen LogP contribution < -0.4 is 5.73 Å². The van der Waals surface area contributed by atoms with Gasteiger partial charge in [-0.25, -0.2) is 4.79 Å². The number of aromatic nitrogens is 1. The minimum atomic E-state index is -0.949. The van der Waals surface area contributed by atoms with Gasteiger partial charge in [-0.3, -0.25) is 0 Å². The van der Waals surface area contributed by atoms with E-state index < -0.39 is 5.97 Å². The molecular formula is C9H8N2O2. The molecule has 0 amide bonds. The minimum Gasteiger partial charge on any atom is -0.478 e. The van der Waals surface area contributed by atoms with Crippen molar-refractivity contribution >= 4 is 17.3 Å². The third-order valence-corrected chi connectivity index (χ3v) is 1.93. The Labute approximate surface area is 74.2 Å². The van der Waals surface area contributed by atoms with Crippen molar-refractivity contribution in [3.8, 4) is 0 Å². The van der Waals surface area contributed by atoms with Gasteiger partial charge in [0, 0.05) is 11.7 Å². The number of hydrogen-bond acceptors (Lipinski definition) is 2. The number of pyridine rings is 1. The van der Waals surface area contributed by atoms with Crippen LogP contribution in [0.3, 0.4) is 0 Å². The van der Waals surface area contributed by atoms with Crippen molar-refractivity contribution < 1.29 is 9.90 Å². The number of hydrogen-bond donors (Lipinski definition) is 2. The highest BCUT2D eigenvalue weighted by Gasteiger charge is 2.04. The number of anilines is 1. The summed E-state index contributed by atoms with van der Waals surface area (Å²) in [5.41, 5.74) is 6.74. The lowest BCUT2D eigenvalue weighted by atomic mass is 10.3. The molecule has 0 fully saturated rings. The van der Waals surface area contributed by atoms with E-state index in [-0.39, 0.29) is 5.56 Å². The Kier molecular flexibility index (Phi) is 1.48. The van der Waals surface area contributed by atoms with Gasteiger partial charge in [0.05, 0.1) is 5.56 Å². The highest BCUT2D eigenvalue weighted by atomic mass is 16.4. The van der Waals surface area contributed by atoms with Gasteiger partial charge in [0.2, 0.25) is 0 Å². The molecule has 66 valence electrons. The van der Waals surface area contributed by atoms with E-state index in [2.05, 4.69) is 0 Å². The van der Waals surface area contributed by atoms with Crippen molar-refractivity contribution in [2.24, 2.45) is 0 Å². The average molecular weight is 176 g/mol. The summed E-state index contributed by atoms with van der Waals surface area (Å²) in [6.45, 7) is 0. The lowest BCUT2D eigenvalue weighted by Crippen LogP contribution is -2.00. The van der Waals surface area contributed by atoms with Crippen molar-refractivity contribution in [1.82, 2.24) is 4.40 Å². The molecule has 2 rings (SSSR count). The van der Waals surface area contributed by atoms with Crippen LogP contribution in [0.5, 0.6) is 0 Å². The van der Waals surface area contributed by atoms with Crippen molar-refractivity contribution in [3.63, 3.8) is 0 Å². The number of carboxylic acid groups (broad SMARTS) is 1. The first kappa shape index (κ1) is 7.67. The van der Waals surface area contributed by atoms with Gasteiger partial charge in [-0.2, -0.15) is 0 Å². The van der Waals surface area contributed by atoms with Gasteiger partial charge in [-0.15, -0.1) is 0 Å². The molecule has 13 heavy (non-hydrogen) atoms. The van der Waals surface area contributed by atoms with E-state index in [9.17, 15) is 4.79 Å². The lowest BCUT2D eigenvalue weighted by molar-refractivity contribution is 0.0696. The summed E-state index contributed by atoms with van der Waals surface area (Å²) >= 11 is 0. The Morgan fingerprint density at radius 1 is 1.31 bits per heavy atom. The van der Waals surface area contributed by atoms with Crippen molar-refractivity contribution in [2.75, 3.05) is 5.73 Å². The van der Waals surface area contributed by atoms with E-state index in [0.29, 0.717) is 5.82 Å². The number of aromatic carboxylic acids is 1. The maximum absolute atomic E-state index is 10.6. The molecule has 3 N–H and O–H groups in total. The van der Waals surface area contributed by atoms with Gasteiger partial charge in [0.1, 0.15) is 5.82 Å². The molecule has 0 saturated carbocycles. The van der Waals surface area contributed by atoms with Crippen molar-refractivity contribution in [1.29, 1.82) is 0 Å². The fourth-order valence-electron chi connectivity index (χ4n) is 1.25. The van der Waals surface area contributed by atoms with E-state index in [4.69, 9.17) is 10.8 Å². The van der Waals surface area contributed by atoms with Crippen LogP contribution in [0.4, 0.5) is 5.82 Å². The molecule has 0 aromatic carbocycles. The number of nitrogens with two attached hydrogens (primary N) is 1. The number of nitrogens with zero attached hydrogens (tertiary/aromatic N) is 1. The van der Waals surface area contributed by atoms with Crippen molar-refractivity contribution in [3.05, 3.63) is 36.0 Å². The molecule has 0 radical (unpaired) electrons. The monoisotopic (exact) mass is 176 g/mol. The van der Waals surface area contributed by atoms with Crippen LogP contribution in [0, 0.1) is 0 Å². The standard InChI is InChI=1S/C9H8N2O2/c10-8-4-3-7-2-1-6(9(12)13)5-11(7)8/h1-5H,10H2,(H,12,13). The third kappa shape index (κ3) is 1.12. The zero-order valence-corrected chi connectivity index (χ0v) is 6.77. The van der Waals surface area contributed by atoms with E-state index in [0.717, 1.165) is 5.52 Å². The van der Waals surface area contributed by atoms with Gasteiger partial charge >= 0.3 is 5.97 Å². The smallest absolute Gasteiger partial charge is 0.337 e. The number of fused-ring (bicyclic) bond motifs is 1. The van der Waals surface area contributed by atoms with Crippen LogP contribution in [0.2, 0.25) is 0 Å². The molecular weight excluding hydrogens is 168 g/mol. The largest absolute Gasteiger partial charge is 0.478 e. The van der Waals surface area contributed by atoms with Crippen LogP contribution in [-0.2, 0) is 0 Å². The molecule has 2 aromatic heterocycles. The second-order valence-corrected chi connectivity index (χ2v) is 2.78. The number of carbonyl (C=O) groups is 1. The maximum Gasteiger partial charge on any atom is 0.337 e. The van der Waals surface area contributed by atoms with E-state index in [1.807, 2.05) is 6.07 Å². The van der Waals surface area contributed by atoms with E-state index >= 15 is 0 Å². The highest BCUT2D eigenvalue weighted by Crippen LogP contribution is 2.13. The number of rotatable bonds is 1. The van der Waals surface area contributed by atoms with Gasteiger partial charge in [-0.05, 0) is 24.3 Å². The Bertz CT molecular complexity index is 473. The summed E-state index contributed by atoms with van der Waals surface area (Å²) in [7, 11) is 0. The molecule has 2 heterocycles. The summed E-state index contributed by atoms with van der Waals surface area (Å²) in [5.74, 6) is -0.409. The molecule has 0 aliphatic carbocycles. The molecule has 0 bridgehead atoms. The zero-order valence-electron chi connectivity index (χ0n) is 6.77. The zero-order chi connectivity index (χ0) is 9.42. The predicted molar refractivity (Wildman–Crippen MR) is 48.8 cm³/mol. The van der Waals surface area contributed by atoms with Gasteiger partial charge < -0.3 is 15.2 Å². The van der Waals surface area contributed by atoms with E-state index in [1.165, 1.54) is 6.20 Å². The fourth-order valence-corrected chi connectivity index (χ4v) is 1.25. The number of carboxylic acids is 1. The van der Waals surface area contributed by atoms with Gasteiger partial charge in [0.25, 0.3) is 0 Å². The van der Waals surface area contributed by atoms with Crippen LogP contribution in [-0.4, -0.2) is 15.5 Å². The van der Waals surface area contributed by atoms with Crippen molar-refractivity contribution in [2.45, 2.75) is 0 Å². The molecule has 0 unspecified atom stereocenters. The lowest BCUT2D eigenvalue weighted by Gasteiger charge is -1.99. The normalized spacial score (nSPS) is 10.5. The predicted octanol–water partition coefficient (Wildman–Crippen LogP) is 1.22. The SMILES string of the molecule is Nc1ccc2ccc(C(=O)O)cn12. The Balaban J connectivity index is 2.72. The van der Waals surface area contributed by atoms with Crippen LogP contribution in [0.1, 0.15) is 10.4 Å². The first-order valence-corrected chi connectivity index (χ1v) is 3.78. The minimum absolute atomic E-state index is 0.232. The third-order valence-electron chi connectivity index (χ3n) is 1.93. The summed E-state index contributed by atoms with van der Waals surface area (Å²) in [6, 6.07) is 6.85. The van der Waals surface area contributed by atoms with Crippen LogP contribution in [0.25, 0.3) is 5.52 Å². The molecule has 4 heteroatoms. The molecule has 0 aliphatic heterocycles. The Hall–Kier alpha value is -1.97. The Morgan fingerprint density at radius 3 is 2.69 bits per heavy atom. The van der Waals surface area contributed by atoms with Crippen LogP contribution in [0.15, 0.2) is 30.5 Å². The quantitative estimate of drug-likeness (QED) is 0.686. The fraction of sp³-hybridized carbons (Fsp3) is 0.